The molecule has 2 unspecified atom stereocenters. The molecule has 20 heteroatoms. The van der Waals surface area contributed by atoms with Crippen molar-refractivity contribution in [2.24, 2.45) is 40.3 Å². The van der Waals surface area contributed by atoms with Crippen LogP contribution in [-0.2, 0) is 33.2 Å². The summed E-state index contributed by atoms with van der Waals surface area (Å²) in [6.45, 7) is -0.809. The normalized spacial score (nSPS) is 52.7. The Morgan fingerprint density at radius 2 is 1.33 bits per heavy atom. The van der Waals surface area contributed by atoms with Crippen molar-refractivity contribution in [3.63, 3.8) is 0 Å². The number of carbonyl (C=O) groups is 1. The third-order valence-corrected chi connectivity index (χ3v) is 10.2. The van der Waals surface area contributed by atoms with E-state index in [1.165, 1.54) is 0 Å². The minimum atomic E-state index is -1.71. The van der Waals surface area contributed by atoms with Gasteiger partial charge >= 0.3 is 0 Å². The molecule has 278 valence electrons. The van der Waals surface area contributed by atoms with Gasteiger partial charge < -0.3 is 98.6 Å². The minimum Gasteiger partial charge on any atom is -0.394 e. The van der Waals surface area contributed by atoms with E-state index >= 15 is 0 Å². The Morgan fingerprint density at radius 3 is 1.94 bits per heavy atom. The van der Waals surface area contributed by atoms with Gasteiger partial charge in [0.1, 0.15) is 54.4 Å². The van der Waals surface area contributed by atoms with Crippen LogP contribution in [0.25, 0.3) is 0 Å². The molecule has 3 aliphatic heterocycles. The van der Waals surface area contributed by atoms with E-state index in [2.05, 4.69) is 0 Å². The summed E-state index contributed by atoms with van der Waals surface area (Å²) in [5.41, 5.74) is 34.2. The first kappa shape index (κ1) is 38.1. The second-order valence-corrected chi connectivity index (χ2v) is 13.6. The molecule has 3 heterocycles. The number of Topliss-reactive ketones (excluding diaryl/α,β-unsaturated/α-hetero) is 1. The summed E-state index contributed by atoms with van der Waals surface area (Å²) in [4.78, 5) is 12.9. The van der Waals surface area contributed by atoms with E-state index in [1.54, 1.807) is 0 Å². The van der Waals surface area contributed by atoms with E-state index in [1.807, 2.05) is 0 Å². The molecule has 2 saturated carbocycles. The molecule has 3 saturated heterocycles. The molecule has 0 bridgehead atoms. The number of ketones is 1. The Hall–Kier alpha value is -1.09. The second kappa shape index (κ2) is 15.3. The van der Waals surface area contributed by atoms with Crippen molar-refractivity contribution in [2.75, 3.05) is 19.7 Å². The molecule has 5 rings (SSSR count). The van der Waals surface area contributed by atoms with Crippen LogP contribution in [0.2, 0.25) is 0 Å². The van der Waals surface area contributed by atoms with E-state index < -0.39 is 134 Å². The van der Waals surface area contributed by atoms with Gasteiger partial charge in [-0.3, -0.25) is 4.79 Å². The molecule has 0 aromatic heterocycles. The molecule has 20 nitrogen and oxygen atoms in total. The fourth-order valence-electron chi connectivity index (χ4n) is 6.97. The summed E-state index contributed by atoms with van der Waals surface area (Å²) in [6.07, 6.45) is -18.2. The van der Waals surface area contributed by atoms with Crippen molar-refractivity contribution in [1.29, 1.82) is 0 Å². The van der Waals surface area contributed by atoms with Gasteiger partial charge in [0.25, 0.3) is 0 Å². The van der Waals surface area contributed by atoms with E-state index in [4.69, 9.17) is 62.8 Å². The van der Waals surface area contributed by atoms with E-state index in [0.717, 1.165) is 0 Å². The maximum atomic E-state index is 12.9. The van der Waals surface area contributed by atoms with Crippen LogP contribution in [0.3, 0.4) is 0 Å². The summed E-state index contributed by atoms with van der Waals surface area (Å²) in [5, 5.41) is 74.6. The second-order valence-electron chi connectivity index (χ2n) is 13.6. The maximum Gasteiger partial charge on any atom is 0.187 e. The van der Waals surface area contributed by atoms with Crippen molar-refractivity contribution >= 4 is 5.78 Å². The predicted octanol–water partition coefficient (Wildman–Crippen LogP) is -8.16. The number of nitrogens with two attached hydrogens (primary N) is 6. The largest absolute Gasteiger partial charge is 0.394 e. The molecule has 20 atom stereocenters. The molecule has 0 aromatic carbocycles. The zero-order chi connectivity index (χ0) is 35.2. The fraction of sp³-hybridized carbons (Fsp3) is 0.964. The highest BCUT2D eigenvalue weighted by Crippen LogP contribution is 2.41. The van der Waals surface area contributed by atoms with Gasteiger partial charge in [-0.15, -0.1) is 0 Å². The van der Waals surface area contributed by atoms with Gasteiger partial charge in [-0.2, -0.15) is 0 Å². The number of hydrogen-bond acceptors (Lipinski definition) is 20. The highest BCUT2D eigenvalue weighted by molar-refractivity contribution is 5.91. The number of rotatable bonds is 12. The number of aliphatic hydroxyl groups excluding tert-OH is 6. The zero-order valence-electron chi connectivity index (χ0n) is 26.4. The van der Waals surface area contributed by atoms with Crippen molar-refractivity contribution in [1.82, 2.24) is 0 Å². The van der Waals surface area contributed by atoms with Crippen molar-refractivity contribution in [3.8, 4) is 0 Å². The highest BCUT2D eigenvalue weighted by atomic mass is 16.8. The summed E-state index contributed by atoms with van der Waals surface area (Å²) in [7, 11) is 0. The molecule has 2 aliphatic carbocycles. The summed E-state index contributed by atoms with van der Waals surface area (Å²) >= 11 is 0. The predicted molar refractivity (Wildman–Crippen MR) is 160 cm³/mol. The third kappa shape index (κ3) is 7.44. The van der Waals surface area contributed by atoms with E-state index in [-0.39, 0.29) is 38.8 Å². The Kier molecular flexibility index (Phi) is 12.1. The minimum absolute atomic E-state index is 0.0278. The molecular weight excluding hydrogens is 644 g/mol. The van der Waals surface area contributed by atoms with Gasteiger partial charge in [-0.25, -0.2) is 0 Å². The van der Waals surface area contributed by atoms with Gasteiger partial charge in [-0.05, 0) is 12.3 Å². The standard InChI is InChI=1S/C28H52N6O14/c29-5-9-3-11(36)16(33)25(43-9)46-22-10(31)1-8(2-15(37)28(42)4-14(28)32)18(38)24(22)48-27-21(41)23(13(7-35)45-27)47-26-17(34)20(40)19(39)12(6-30)44-26/h8-14,16-27,35-36,38-42H,1-7,29-34H2/t8-,9-,10-,11-,12-,13+,14?,16+,17+,18-,19+,20+,21+,22+,23+,24+,25+,26+,27-,28?/m0/s1. The Bertz CT molecular complexity index is 1100. The molecule has 0 amide bonds. The van der Waals surface area contributed by atoms with Gasteiger partial charge in [0.05, 0.1) is 37.0 Å². The molecule has 5 aliphatic rings. The summed E-state index contributed by atoms with van der Waals surface area (Å²) in [6, 6.07) is -3.96. The lowest BCUT2D eigenvalue weighted by Crippen LogP contribution is -2.64. The number of carbonyl (C=O) groups excluding carboxylic acids is 1. The van der Waals surface area contributed by atoms with E-state index in [0.29, 0.717) is 0 Å². The smallest absolute Gasteiger partial charge is 0.187 e. The third-order valence-electron chi connectivity index (χ3n) is 10.2. The van der Waals surface area contributed by atoms with Gasteiger partial charge in [-0.1, -0.05) is 0 Å². The molecule has 48 heavy (non-hydrogen) atoms. The molecule has 19 N–H and O–H groups in total. The average Bonchev–Trinajstić information content (AvgIpc) is 3.58. The van der Waals surface area contributed by atoms with Crippen LogP contribution in [-0.4, -0.2) is 177 Å². The van der Waals surface area contributed by atoms with Gasteiger partial charge in [0, 0.05) is 44.4 Å². The highest BCUT2D eigenvalue weighted by Gasteiger charge is 2.59. The lowest BCUT2D eigenvalue weighted by atomic mass is 9.76. The van der Waals surface area contributed by atoms with Gasteiger partial charge in [0.2, 0.25) is 0 Å². The average molecular weight is 697 g/mol. The van der Waals surface area contributed by atoms with Crippen LogP contribution in [0, 0.1) is 5.92 Å². The first-order chi connectivity index (χ1) is 22.6. The van der Waals surface area contributed by atoms with Crippen LogP contribution in [0.4, 0.5) is 0 Å². The van der Waals surface area contributed by atoms with Crippen LogP contribution < -0.4 is 34.4 Å². The van der Waals surface area contributed by atoms with Crippen LogP contribution >= 0.6 is 0 Å². The first-order valence-corrected chi connectivity index (χ1v) is 16.3. The Balaban J connectivity index is 1.36. The molecule has 0 aromatic rings. The molecule has 5 fully saturated rings. The van der Waals surface area contributed by atoms with Crippen molar-refractivity contribution in [2.45, 2.75) is 141 Å². The Morgan fingerprint density at radius 1 is 0.729 bits per heavy atom. The summed E-state index contributed by atoms with van der Waals surface area (Å²) < 4.78 is 35.4. The summed E-state index contributed by atoms with van der Waals surface area (Å²) in [5.74, 6) is -1.43. The van der Waals surface area contributed by atoms with Crippen LogP contribution in [0.5, 0.6) is 0 Å². The van der Waals surface area contributed by atoms with Crippen LogP contribution in [0.15, 0.2) is 0 Å². The Labute approximate surface area is 276 Å². The number of hydrogen-bond donors (Lipinski definition) is 13. The quantitative estimate of drug-likeness (QED) is 0.0900. The van der Waals surface area contributed by atoms with Gasteiger partial charge in [0.15, 0.2) is 24.7 Å². The lowest BCUT2D eigenvalue weighted by Gasteiger charge is -2.47. The number of ether oxygens (including phenoxy) is 6. The van der Waals surface area contributed by atoms with E-state index in [9.17, 15) is 40.5 Å². The first-order valence-electron chi connectivity index (χ1n) is 16.3. The zero-order valence-corrected chi connectivity index (χ0v) is 26.4. The monoisotopic (exact) mass is 696 g/mol. The van der Waals surface area contributed by atoms with Crippen molar-refractivity contribution in [3.05, 3.63) is 0 Å². The molecule has 0 radical (unpaired) electrons. The topological polar surface area (TPSA) is 370 Å². The fourth-order valence-corrected chi connectivity index (χ4v) is 6.97. The molecule has 0 spiro atoms. The maximum absolute atomic E-state index is 12.9. The SMILES string of the molecule is NC[C@@H]1C[C@H](O)[C@@H](N)[C@@H](O[C@H]2[C@H](O[C@@H]3O[C@H](CO)[C@@H](O[C@H]4O[C@@H](CN)[C@@H](O)[C@H](O)[C@H]4N)[C@H]3O)[C@@H](O)[C@H](CC(=O)C3(O)CC3N)C[C@@H]2N)O1. The lowest BCUT2D eigenvalue weighted by molar-refractivity contribution is -0.298. The van der Waals surface area contributed by atoms with Crippen molar-refractivity contribution < 1.29 is 69.0 Å². The molecular formula is C28H52N6O14. The van der Waals surface area contributed by atoms with Crippen LogP contribution in [0.1, 0.15) is 25.7 Å². The number of aliphatic hydroxyl groups is 7.